The van der Waals surface area contributed by atoms with E-state index >= 15 is 0 Å². The summed E-state index contributed by atoms with van der Waals surface area (Å²) in [6.07, 6.45) is -1.46. The van der Waals surface area contributed by atoms with Crippen molar-refractivity contribution in [3.05, 3.63) is 0 Å². The van der Waals surface area contributed by atoms with E-state index in [1.54, 1.807) is 0 Å². The molecule has 0 aliphatic heterocycles. The number of esters is 1. The van der Waals surface area contributed by atoms with Gasteiger partial charge in [-0.2, -0.15) is 0 Å². The van der Waals surface area contributed by atoms with Crippen molar-refractivity contribution in [1.82, 2.24) is 5.32 Å². The number of carbonyl (C=O) groups is 2. The smallest absolute Gasteiger partial charge is 0.328 e. The Balaban J connectivity index is 5.23. The minimum Gasteiger partial charge on any atom is -0.467 e. The fourth-order valence-corrected chi connectivity index (χ4v) is 0.734. The van der Waals surface area contributed by atoms with Crippen molar-refractivity contribution in [3.8, 4) is 0 Å². The first-order valence-corrected chi connectivity index (χ1v) is 3.85. The van der Waals surface area contributed by atoms with Gasteiger partial charge in [0.25, 0.3) is 0 Å². The van der Waals surface area contributed by atoms with Crippen LogP contribution in [0.4, 0.5) is 0 Å². The quantitative estimate of drug-likeness (QED) is 0.406. The van der Waals surface area contributed by atoms with Gasteiger partial charge in [-0.05, 0) is 12.3 Å². The Labute approximate surface area is 82.9 Å². The first-order chi connectivity index (χ1) is 7.05. The molecule has 0 aliphatic carbocycles. The number of hydrogen-bond donors (Lipinski definition) is 1. The second-order valence-electron chi connectivity index (χ2n) is 2.81. The molecule has 1 amide bonds. The molecule has 0 aliphatic rings. The van der Waals surface area contributed by atoms with Gasteiger partial charge < -0.3 is 10.1 Å². The normalized spacial score (nSPS) is 25.1. The van der Waals surface area contributed by atoms with E-state index in [2.05, 4.69) is 10.1 Å². The van der Waals surface area contributed by atoms with Crippen molar-refractivity contribution >= 4 is 11.9 Å². The highest BCUT2D eigenvalue weighted by Crippen LogP contribution is 2.05. The highest BCUT2D eigenvalue weighted by molar-refractivity contribution is 5.83. The minimum atomic E-state index is -2.26. The summed E-state index contributed by atoms with van der Waals surface area (Å²) in [7, 11) is 1.07. The van der Waals surface area contributed by atoms with E-state index < -0.39 is 30.2 Å². The molecule has 0 saturated heterocycles. The molecule has 0 heterocycles. The van der Waals surface area contributed by atoms with Crippen molar-refractivity contribution in [2.24, 2.45) is 5.89 Å². The molecule has 1 unspecified atom stereocenters. The molecule has 1 N–H and O–H groups in total. The molecule has 0 rings (SSSR count). The largest absolute Gasteiger partial charge is 0.467 e. The van der Waals surface area contributed by atoms with Crippen LogP contribution in [0.25, 0.3) is 0 Å². The molecule has 0 radical (unpaired) electrons. The Morgan fingerprint density at radius 3 is 2.46 bits per heavy atom. The van der Waals surface area contributed by atoms with E-state index in [9.17, 15) is 9.59 Å². The van der Waals surface area contributed by atoms with Crippen LogP contribution >= 0.6 is 0 Å². The molecule has 0 aromatic carbocycles. The van der Waals surface area contributed by atoms with Crippen LogP contribution in [0.1, 0.15) is 31.3 Å². The van der Waals surface area contributed by atoms with Gasteiger partial charge in [0.05, 0.1) is 8.48 Å². The maximum Gasteiger partial charge on any atom is 0.328 e. The third-order valence-corrected chi connectivity index (χ3v) is 1.15. The van der Waals surface area contributed by atoms with E-state index in [4.69, 9.17) is 4.11 Å². The first-order valence-electron chi connectivity index (χ1n) is 5.43. The lowest BCUT2D eigenvalue weighted by molar-refractivity contribution is -0.145. The molecule has 4 heteroatoms. The topological polar surface area (TPSA) is 55.4 Å². The van der Waals surface area contributed by atoms with Crippen molar-refractivity contribution in [3.63, 3.8) is 0 Å². The Kier molecular flexibility index (Phi) is 3.15. The summed E-state index contributed by atoms with van der Waals surface area (Å²) < 4.78 is 27.5. The second kappa shape index (κ2) is 5.56. The third kappa shape index (κ3) is 5.22. The number of nitrogens with one attached hydrogen (secondary N) is 1. The molecule has 76 valence electrons. The summed E-state index contributed by atoms with van der Waals surface area (Å²) in [5.41, 5.74) is 0. The highest BCUT2D eigenvalue weighted by atomic mass is 16.5. The predicted octanol–water partition coefficient (Wildman–Crippen LogP) is 0.710. The van der Waals surface area contributed by atoms with Crippen LogP contribution in [0.15, 0.2) is 0 Å². The van der Waals surface area contributed by atoms with Gasteiger partial charge in [-0.15, -0.1) is 0 Å². The predicted molar refractivity (Wildman–Crippen MR) is 49.1 cm³/mol. The molecule has 0 aromatic rings. The SMILES string of the molecule is [2H][13C@H](C([2H])(C)[13CH3])[C@]([2H])([15NH]C(C)=O)C(=O)OC. The Morgan fingerprint density at radius 2 is 2.15 bits per heavy atom. The number of methoxy groups -OCH3 is 1. The number of carbonyl (C=O) groups excluding carboxylic acids is 2. The monoisotopic (exact) mass is 193 g/mol. The number of hydrogen-bond acceptors (Lipinski definition) is 3. The van der Waals surface area contributed by atoms with E-state index in [-0.39, 0.29) is 0 Å². The average molecular weight is 193 g/mol. The standard InChI is InChI=1S/C9H17NO3/c1-6(2)5-8(9(12)13-4)10-7(3)11/h6,8H,5H2,1-4H3,(H,10,11)/t8-/m0/s1/i1+1,5+1D,6D,8D,10+1/t5-,6?,8+/m1. The highest BCUT2D eigenvalue weighted by Gasteiger charge is 2.20. The summed E-state index contributed by atoms with van der Waals surface area (Å²) in [6.45, 7) is 3.91. The molecule has 4 nitrogen and oxygen atoms in total. The van der Waals surface area contributed by atoms with Crippen molar-refractivity contribution < 1.29 is 18.4 Å². The first kappa shape index (κ1) is 7.35. The van der Waals surface area contributed by atoms with Crippen LogP contribution in [-0.2, 0) is 14.3 Å². The molecule has 13 heavy (non-hydrogen) atoms. The zero-order chi connectivity index (χ0) is 13.1. The van der Waals surface area contributed by atoms with Gasteiger partial charge in [-0.1, -0.05) is 13.8 Å². The molecule has 0 saturated carbocycles. The van der Waals surface area contributed by atoms with E-state index in [0.29, 0.717) is 0 Å². The lowest BCUT2D eigenvalue weighted by Crippen LogP contribution is -2.41. The Bertz CT molecular complexity index is 290. The van der Waals surface area contributed by atoms with Crippen LogP contribution in [-0.4, -0.2) is 25.0 Å². The zero-order valence-corrected chi connectivity index (χ0v) is 8.30. The average Bonchev–Trinajstić information content (AvgIpc) is 2.12. The van der Waals surface area contributed by atoms with Crippen LogP contribution < -0.4 is 5.32 Å². The van der Waals surface area contributed by atoms with Crippen LogP contribution in [0.3, 0.4) is 0 Å². The second-order valence-corrected chi connectivity index (χ2v) is 2.81. The van der Waals surface area contributed by atoms with Crippen LogP contribution in [0.5, 0.6) is 0 Å². The fraction of sp³-hybridized carbons (Fsp3) is 0.778. The number of amides is 1. The molecular weight excluding hydrogens is 173 g/mol. The summed E-state index contributed by atoms with van der Waals surface area (Å²) in [6, 6.07) is -2.26. The van der Waals surface area contributed by atoms with Crippen LogP contribution in [0, 0.1) is 5.89 Å². The van der Waals surface area contributed by atoms with Gasteiger partial charge in [0.1, 0.15) is 6.02 Å². The molecule has 0 fully saturated rings. The lowest BCUT2D eigenvalue weighted by atomic mass is 10.3. The number of ether oxygens (including phenoxy) is 1. The molecular formula is C9H17NO3. The minimum absolute atomic E-state index is 0.623. The van der Waals surface area contributed by atoms with Gasteiger partial charge >= 0.3 is 5.97 Å². The van der Waals surface area contributed by atoms with Gasteiger partial charge in [0.15, 0.2) is 0 Å². The van der Waals surface area contributed by atoms with Gasteiger partial charge in [0.2, 0.25) is 5.91 Å². The molecule has 0 bridgehead atoms. The maximum absolute atomic E-state index is 11.4. The van der Waals surface area contributed by atoms with Crippen molar-refractivity contribution in [2.45, 2.75) is 33.2 Å². The molecule has 3 atom stereocenters. The van der Waals surface area contributed by atoms with Crippen molar-refractivity contribution in [1.29, 1.82) is 0 Å². The third-order valence-electron chi connectivity index (χ3n) is 1.15. The molecule has 0 aromatic heterocycles. The van der Waals surface area contributed by atoms with Crippen molar-refractivity contribution in [2.75, 3.05) is 7.11 Å². The van der Waals surface area contributed by atoms with Gasteiger partial charge in [0, 0.05) is 9.67 Å². The van der Waals surface area contributed by atoms with Gasteiger partial charge in [-0.3, -0.25) is 4.79 Å². The molecule has 0 spiro atoms. The fourth-order valence-electron chi connectivity index (χ4n) is 0.734. The van der Waals surface area contributed by atoms with Crippen LogP contribution in [0.2, 0.25) is 0 Å². The Hall–Kier alpha value is -1.06. The van der Waals surface area contributed by atoms with Gasteiger partial charge in [-0.25, -0.2) is 4.79 Å². The van der Waals surface area contributed by atoms with E-state index in [0.717, 1.165) is 14.0 Å². The number of rotatable bonds is 4. The Morgan fingerprint density at radius 1 is 1.62 bits per heavy atom. The summed E-state index contributed by atoms with van der Waals surface area (Å²) in [5.74, 6) is -3.05. The van der Waals surface area contributed by atoms with E-state index in [1.807, 2.05) is 0 Å². The summed E-state index contributed by atoms with van der Waals surface area (Å²) in [5, 5.41) is 2.06. The van der Waals surface area contributed by atoms with E-state index in [1.165, 1.54) is 13.8 Å². The lowest BCUT2D eigenvalue weighted by Gasteiger charge is -2.16. The zero-order valence-electron chi connectivity index (χ0n) is 11.3. The maximum atomic E-state index is 11.4. The summed E-state index contributed by atoms with van der Waals surface area (Å²) >= 11 is 0. The summed E-state index contributed by atoms with van der Waals surface area (Å²) in [4.78, 5) is 22.4.